The zero-order valence-electron chi connectivity index (χ0n) is 18.1. The number of morpholine rings is 1. The van der Waals surface area contributed by atoms with Crippen LogP contribution in [0.2, 0.25) is 0 Å². The molecule has 0 bridgehead atoms. The lowest BCUT2D eigenvalue weighted by Crippen LogP contribution is -2.45. The number of aromatic amines is 1. The number of alkyl halides is 3. The van der Waals surface area contributed by atoms with Gasteiger partial charge >= 0.3 is 6.18 Å². The lowest BCUT2D eigenvalue weighted by Gasteiger charge is -2.36. The molecule has 2 fully saturated rings. The van der Waals surface area contributed by atoms with Gasteiger partial charge in [-0.2, -0.15) is 13.2 Å². The van der Waals surface area contributed by atoms with Crippen molar-refractivity contribution in [2.24, 2.45) is 0 Å². The number of aromatic nitrogens is 4. The molecule has 8 nitrogen and oxygen atoms in total. The van der Waals surface area contributed by atoms with Crippen molar-refractivity contribution in [3.63, 3.8) is 0 Å². The molecule has 12 heteroatoms. The molecule has 3 aromatic rings. The number of hydrogen-bond acceptors (Lipinski definition) is 7. The predicted molar refractivity (Wildman–Crippen MR) is 117 cm³/mol. The fraction of sp³-hybridized carbons (Fsp3) is 0.476. The third kappa shape index (κ3) is 3.55. The van der Waals surface area contributed by atoms with Gasteiger partial charge in [0, 0.05) is 36.1 Å². The molecule has 1 unspecified atom stereocenters. The molecule has 0 aromatic carbocycles. The van der Waals surface area contributed by atoms with Crippen LogP contribution >= 0.6 is 0 Å². The predicted octanol–water partition coefficient (Wildman–Crippen LogP) is 3.93. The summed E-state index contributed by atoms with van der Waals surface area (Å²) in [5.41, 5.74) is -0.281. The van der Waals surface area contributed by atoms with Gasteiger partial charge in [-0.05, 0) is 31.9 Å². The molecular formula is C21H23F3N6O2S. The minimum Gasteiger partial charge on any atom is -0.377 e. The number of anilines is 1. The first kappa shape index (κ1) is 22.1. The van der Waals surface area contributed by atoms with Gasteiger partial charge in [0.2, 0.25) is 0 Å². The lowest BCUT2D eigenvalue weighted by atomic mass is 10.1. The second-order valence-corrected chi connectivity index (χ2v) is 11.1. The topological polar surface area (TPSA) is 108 Å². The van der Waals surface area contributed by atoms with Crippen LogP contribution < -0.4 is 4.90 Å². The molecule has 2 atom stereocenters. The number of H-pyrrole nitrogens is 1. The minimum absolute atomic E-state index is 0.0913. The number of ether oxygens (including phenoxy) is 1. The van der Waals surface area contributed by atoms with Gasteiger partial charge in [-0.15, -0.1) is 0 Å². The summed E-state index contributed by atoms with van der Waals surface area (Å²) >= 11 is 0. The summed E-state index contributed by atoms with van der Waals surface area (Å²) in [5, 5.41) is 0.664. The van der Waals surface area contributed by atoms with Crippen molar-refractivity contribution in [2.75, 3.05) is 30.9 Å². The fourth-order valence-electron chi connectivity index (χ4n) is 4.49. The van der Waals surface area contributed by atoms with E-state index in [4.69, 9.17) is 9.52 Å². The van der Waals surface area contributed by atoms with Crippen LogP contribution in [0.1, 0.15) is 31.0 Å². The van der Waals surface area contributed by atoms with Crippen molar-refractivity contribution in [1.29, 1.82) is 4.78 Å². The Morgan fingerprint density at radius 2 is 2.06 bits per heavy atom. The third-order valence-electron chi connectivity index (χ3n) is 6.40. The van der Waals surface area contributed by atoms with Gasteiger partial charge in [0.1, 0.15) is 17.0 Å². The summed E-state index contributed by atoms with van der Waals surface area (Å²) in [5.74, 6) is -0.165. The van der Waals surface area contributed by atoms with Crippen molar-refractivity contribution in [3.05, 3.63) is 35.8 Å². The van der Waals surface area contributed by atoms with E-state index in [0.29, 0.717) is 16.6 Å². The van der Waals surface area contributed by atoms with Crippen LogP contribution in [-0.4, -0.2) is 56.2 Å². The Labute approximate surface area is 188 Å². The fourth-order valence-corrected chi connectivity index (χ4v) is 5.89. The summed E-state index contributed by atoms with van der Waals surface area (Å²) in [6.45, 7) is 2.53. The van der Waals surface area contributed by atoms with Crippen molar-refractivity contribution >= 4 is 26.6 Å². The molecule has 1 aliphatic heterocycles. The highest BCUT2D eigenvalue weighted by Crippen LogP contribution is 2.56. The number of nitrogens with zero attached hydrogens (tertiary/aromatic N) is 4. The van der Waals surface area contributed by atoms with E-state index in [0.717, 1.165) is 0 Å². The van der Waals surface area contributed by atoms with Crippen molar-refractivity contribution < 1.29 is 22.1 Å². The molecule has 5 rings (SSSR count). The van der Waals surface area contributed by atoms with Gasteiger partial charge in [0.05, 0.1) is 39.4 Å². The Kier molecular flexibility index (Phi) is 4.94. The number of halogens is 3. The maximum absolute atomic E-state index is 14.6. The molecule has 0 amide bonds. The molecular weight excluding hydrogens is 457 g/mol. The smallest absolute Gasteiger partial charge is 0.377 e. The second kappa shape index (κ2) is 7.39. The highest BCUT2D eigenvalue weighted by atomic mass is 32.2. The van der Waals surface area contributed by atoms with Crippen LogP contribution in [0.15, 0.2) is 24.5 Å². The number of pyridine rings is 1. The van der Waals surface area contributed by atoms with Gasteiger partial charge in [-0.1, -0.05) is 0 Å². The van der Waals surface area contributed by atoms with Crippen molar-refractivity contribution in [2.45, 2.75) is 36.7 Å². The highest BCUT2D eigenvalue weighted by Gasteiger charge is 2.58. The Balaban J connectivity index is 1.85. The number of hydrogen-bond donors (Lipinski definition) is 2. The maximum atomic E-state index is 14.6. The second-order valence-electron chi connectivity index (χ2n) is 8.65. The molecule has 176 valence electrons. The van der Waals surface area contributed by atoms with E-state index in [1.807, 2.05) is 0 Å². The number of nitrogens with one attached hydrogen (secondary N) is 2. The van der Waals surface area contributed by atoms with Crippen LogP contribution in [0.25, 0.3) is 22.4 Å². The monoisotopic (exact) mass is 480 g/mol. The van der Waals surface area contributed by atoms with Crippen LogP contribution in [0.4, 0.5) is 19.0 Å². The Hall–Kier alpha value is -2.73. The third-order valence-corrected chi connectivity index (χ3v) is 8.49. The SMILES string of the molecule is C[C@@H]1COCCN1c1nc(-c2ccnc3[nH]ccc23)nc(C2(S(C)(=N)=O)CC2)c1C(F)(F)F. The van der Waals surface area contributed by atoms with E-state index in [9.17, 15) is 17.4 Å². The zero-order chi connectivity index (χ0) is 23.6. The first-order valence-corrected chi connectivity index (χ1v) is 12.5. The molecule has 1 saturated heterocycles. The van der Waals surface area contributed by atoms with Gasteiger partial charge in [0.15, 0.2) is 5.82 Å². The summed E-state index contributed by atoms with van der Waals surface area (Å²) in [6, 6.07) is 3.06. The molecule has 4 heterocycles. The maximum Gasteiger partial charge on any atom is 0.421 e. The van der Waals surface area contributed by atoms with Gasteiger partial charge < -0.3 is 14.6 Å². The highest BCUT2D eigenvalue weighted by molar-refractivity contribution is 7.93. The van der Waals surface area contributed by atoms with Crippen molar-refractivity contribution in [3.8, 4) is 11.4 Å². The first-order chi connectivity index (χ1) is 15.5. The van der Waals surface area contributed by atoms with Crippen LogP contribution in [-0.2, 0) is 25.4 Å². The molecule has 2 N–H and O–H groups in total. The Morgan fingerprint density at radius 3 is 2.70 bits per heavy atom. The average molecular weight is 481 g/mol. The average Bonchev–Trinajstić information content (AvgIpc) is 3.43. The summed E-state index contributed by atoms with van der Waals surface area (Å²) in [6.07, 6.45) is 0.0338. The molecule has 1 saturated carbocycles. The van der Waals surface area contributed by atoms with E-state index in [2.05, 4.69) is 19.9 Å². The summed E-state index contributed by atoms with van der Waals surface area (Å²) in [7, 11) is -3.37. The molecule has 3 aromatic heterocycles. The lowest BCUT2D eigenvalue weighted by molar-refractivity contribution is -0.138. The minimum atomic E-state index is -4.79. The summed E-state index contributed by atoms with van der Waals surface area (Å²) < 4.78 is 68.8. The molecule has 1 aliphatic carbocycles. The quantitative estimate of drug-likeness (QED) is 0.586. The zero-order valence-corrected chi connectivity index (χ0v) is 18.9. The Morgan fingerprint density at radius 1 is 1.30 bits per heavy atom. The van der Waals surface area contributed by atoms with Gasteiger partial charge in [-0.3, -0.25) is 4.78 Å². The van der Waals surface area contributed by atoms with Crippen LogP contribution in [0.5, 0.6) is 0 Å². The van der Waals surface area contributed by atoms with E-state index in [1.54, 1.807) is 30.2 Å². The number of rotatable bonds is 4. The largest absolute Gasteiger partial charge is 0.421 e. The molecule has 33 heavy (non-hydrogen) atoms. The van der Waals surface area contributed by atoms with Crippen LogP contribution in [0, 0.1) is 4.78 Å². The van der Waals surface area contributed by atoms with E-state index in [1.165, 1.54) is 12.5 Å². The van der Waals surface area contributed by atoms with Gasteiger partial charge in [-0.25, -0.2) is 19.2 Å². The van der Waals surface area contributed by atoms with Crippen molar-refractivity contribution in [1.82, 2.24) is 19.9 Å². The number of fused-ring (bicyclic) bond motifs is 1. The van der Waals surface area contributed by atoms with Gasteiger partial charge in [0.25, 0.3) is 0 Å². The first-order valence-electron chi connectivity index (χ1n) is 10.5. The van der Waals surface area contributed by atoms with Crippen LogP contribution in [0.3, 0.4) is 0 Å². The molecule has 0 spiro atoms. The molecule has 2 aliphatic rings. The standard InChI is InChI=1S/C21H23F3N6O2S/c1-12-11-32-10-9-30(12)19-15(21(22,23)24)16(20(5-6-20)33(2,25)31)28-18(29-19)14-4-8-27-17-13(14)3-7-26-17/h3-4,7-8,12,25H,5-6,9-11H2,1-2H3,(H,26,27)/t12-,33?/m1/s1. The Bertz CT molecular complexity index is 1330. The van der Waals surface area contributed by atoms with E-state index in [-0.39, 0.29) is 56.0 Å². The van der Waals surface area contributed by atoms with E-state index < -0.39 is 26.2 Å². The van der Waals surface area contributed by atoms with E-state index >= 15 is 0 Å². The summed E-state index contributed by atoms with van der Waals surface area (Å²) in [4.78, 5) is 17.6. The molecule has 0 radical (unpaired) electrons. The normalized spacial score (nSPS) is 22.3.